The predicted molar refractivity (Wildman–Crippen MR) is 32.9 cm³/mol. The molecule has 60 valence electrons. The van der Waals surface area contributed by atoms with Crippen LogP contribution in [-0.2, 0) is 32.9 Å². The third kappa shape index (κ3) is 34.8. The molecule has 0 aliphatic rings. The molecule has 0 aromatic heterocycles. The third-order valence-corrected chi connectivity index (χ3v) is 1.20. The van der Waals surface area contributed by atoms with Crippen molar-refractivity contribution in [1.29, 1.82) is 0 Å². The molecular formula is CH2Cl2O5P2Zn+2. The second-order valence-corrected chi connectivity index (χ2v) is 2.99. The SMILES string of the molecule is ClCCl.O=[P+]([O-])O[P+](=O)[O-].[Zn+2]. The zero-order valence-corrected chi connectivity index (χ0v) is 11.4. The maximum atomic E-state index is 9.24. The van der Waals surface area contributed by atoms with Gasteiger partial charge in [-0.1, -0.05) is 0 Å². The first-order chi connectivity index (χ1) is 4.54. The van der Waals surface area contributed by atoms with Crippen molar-refractivity contribution < 1.29 is 42.7 Å². The molecule has 0 spiro atoms. The summed E-state index contributed by atoms with van der Waals surface area (Å²) in [5.74, 6) is 0. The van der Waals surface area contributed by atoms with E-state index in [0.29, 0.717) is 0 Å². The molecule has 0 aliphatic heterocycles. The molecule has 0 N–H and O–H groups in total. The van der Waals surface area contributed by atoms with Crippen LogP contribution in [0.25, 0.3) is 0 Å². The van der Waals surface area contributed by atoms with Crippen molar-refractivity contribution in [3.05, 3.63) is 0 Å². The van der Waals surface area contributed by atoms with Crippen molar-refractivity contribution >= 4 is 39.7 Å². The van der Waals surface area contributed by atoms with Gasteiger partial charge in [-0.25, -0.2) is 0 Å². The first-order valence-corrected chi connectivity index (χ1v) is 4.89. The minimum Gasteiger partial charge on any atom is -0.563 e. The average molecular weight is 292 g/mol. The smallest absolute Gasteiger partial charge is 0.563 e. The summed E-state index contributed by atoms with van der Waals surface area (Å²) in [5, 5.41) is 0.194. The molecule has 0 aromatic rings. The molecule has 0 bridgehead atoms. The average Bonchev–Trinajstić information content (AvgIpc) is 1.62. The zero-order chi connectivity index (χ0) is 8.57. The molecule has 5 nitrogen and oxygen atoms in total. The normalized spacial score (nSPS) is 10.2. The Hall–Kier alpha value is 1.28. The molecule has 10 heteroatoms. The van der Waals surface area contributed by atoms with Gasteiger partial charge in [0.25, 0.3) is 0 Å². The Bertz CT molecular complexity index is 109. The number of halogens is 2. The summed E-state index contributed by atoms with van der Waals surface area (Å²) in [6.07, 6.45) is 0. The zero-order valence-electron chi connectivity index (χ0n) is 5.11. The number of alkyl halides is 2. The van der Waals surface area contributed by atoms with E-state index >= 15 is 0 Å². The van der Waals surface area contributed by atoms with Gasteiger partial charge < -0.3 is 9.79 Å². The van der Waals surface area contributed by atoms with Crippen molar-refractivity contribution in [2.75, 3.05) is 5.34 Å². The minimum atomic E-state index is -3.24. The van der Waals surface area contributed by atoms with Gasteiger partial charge in [-0.2, -0.15) is 0 Å². The fourth-order valence-electron chi connectivity index (χ4n) is 0.0544. The molecule has 11 heavy (non-hydrogen) atoms. The standard InChI is InChI=1S/CH2Cl2.O5P2.Zn/c2-1-3;1-6(2)5-7(3)4;/h1H2;;/q;;+2. The molecule has 0 amide bonds. The van der Waals surface area contributed by atoms with Crippen LogP contribution in [0.4, 0.5) is 0 Å². The predicted octanol–water partition coefficient (Wildman–Crippen LogP) is 0.457. The summed E-state index contributed by atoms with van der Waals surface area (Å²) in [7, 11) is -6.47. The van der Waals surface area contributed by atoms with Crippen LogP contribution >= 0.6 is 39.7 Å². The van der Waals surface area contributed by atoms with Crippen molar-refractivity contribution in [3.8, 4) is 0 Å². The molecule has 0 aromatic carbocycles. The van der Waals surface area contributed by atoms with E-state index in [1.807, 2.05) is 0 Å². The summed E-state index contributed by atoms with van der Waals surface area (Å²) < 4.78 is 21.6. The number of hydrogen-bond acceptors (Lipinski definition) is 5. The van der Waals surface area contributed by atoms with E-state index in [-0.39, 0.29) is 24.8 Å². The molecule has 0 rings (SSSR count). The molecule has 0 saturated heterocycles. The summed E-state index contributed by atoms with van der Waals surface area (Å²) in [6.45, 7) is 0. The Morgan fingerprint density at radius 1 is 1.18 bits per heavy atom. The summed E-state index contributed by atoms with van der Waals surface area (Å²) in [6, 6.07) is 0. The Morgan fingerprint density at radius 2 is 1.36 bits per heavy atom. The molecule has 0 heterocycles. The quantitative estimate of drug-likeness (QED) is 0.419. The van der Waals surface area contributed by atoms with Crippen molar-refractivity contribution in [2.45, 2.75) is 0 Å². The second kappa shape index (κ2) is 13.8. The van der Waals surface area contributed by atoms with Crippen LogP contribution in [0.15, 0.2) is 0 Å². The number of hydrogen-bond donors (Lipinski definition) is 0. The van der Waals surface area contributed by atoms with Crippen LogP contribution in [-0.4, -0.2) is 5.34 Å². The van der Waals surface area contributed by atoms with Crippen molar-refractivity contribution in [1.82, 2.24) is 0 Å². The van der Waals surface area contributed by atoms with E-state index < -0.39 is 16.5 Å². The van der Waals surface area contributed by atoms with Crippen molar-refractivity contribution in [3.63, 3.8) is 0 Å². The van der Waals surface area contributed by atoms with E-state index in [2.05, 4.69) is 4.31 Å². The Labute approximate surface area is 87.7 Å². The first kappa shape index (κ1) is 18.1. The van der Waals surface area contributed by atoms with Crippen LogP contribution in [0, 0.1) is 0 Å². The molecule has 2 atom stereocenters. The maximum absolute atomic E-state index is 9.24. The Balaban J connectivity index is -0.000000140. The summed E-state index contributed by atoms with van der Waals surface area (Å²) in [5.41, 5.74) is 0. The molecule has 0 saturated carbocycles. The molecule has 0 aliphatic carbocycles. The topological polar surface area (TPSA) is 89.5 Å². The second-order valence-electron chi connectivity index (χ2n) is 0.630. The molecule has 2 unspecified atom stereocenters. The maximum Gasteiger partial charge on any atom is 2.00 e. The van der Waals surface area contributed by atoms with E-state index in [9.17, 15) is 18.9 Å². The first-order valence-electron chi connectivity index (χ1n) is 1.63. The molecule has 0 radical (unpaired) electrons. The van der Waals surface area contributed by atoms with E-state index in [4.69, 9.17) is 23.2 Å². The molecule has 0 fully saturated rings. The van der Waals surface area contributed by atoms with Crippen molar-refractivity contribution in [2.24, 2.45) is 0 Å². The van der Waals surface area contributed by atoms with Gasteiger partial charge in [0.05, 0.1) is 5.34 Å². The van der Waals surface area contributed by atoms with Gasteiger partial charge in [-0.15, -0.1) is 23.2 Å². The fourth-order valence-corrected chi connectivity index (χ4v) is 0.490. The minimum absolute atomic E-state index is 0. The molecular weight excluding hydrogens is 290 g/mol. The third-order valence-electron chi connectivity index (χ3n) is 0.133. The van der Waals surface area contributed by atoms with Crippen LogP contribution in [0.5, 0.6) is 0 Å². The van der Waals surface area contributed by atoms with Gasteiger partial charge >= 0.3 is 36.0 Å². The number of rotatable bonds is 2. The van der Waals surface area contributed by atoms with E-state index in [1.165, 1.54) is 0 Å². The van der Waals surface area contributed by atoms with Gasteiger partial charge in [-0.3, -0.25) is 0 Å². The van der Waals surface area contributed by atoms with Gasteiger partial charge in [-0.05, 0) is 9.13 Å². The monoisotopic (exact) mass is 290 g/mol. The van der Waals surface area contributed by atoms with Gasteiger partial charge in [0, 0.05) is 0 Å². The van der Waals surface area contributed by atoms with Crippen LogP contribution in [0.2, 0.25) is 0 Å². The Kier molecular flexibility index (Phi) is 22.8. The van der Waals surface area contributed by atoms with Crippen LogP contribution in [0.1, 0.15) is 0 Å². The largest absolute Gasteiger partial charge is 2.00 e. The van der Waals surface area contributed by atoms with Crippen LogP contribution in [0.3, 0.4) is 0 Å². The van der Waals surface area contributed by atoms with Gasteiger partial charge in [0.15, 0.2) is 0 Å². The Morgan fingerprint density at radius 3 is 1.36 bits per heavy atom. The fraction of sp³-hybridized carbons (Fsp3) is 1.00. The van der Waals surface area contributed by atoms with Crippen LogP contribution < -0.4 is 9.79 Å². The van der Waals surface area contributed by atoms with Gasteiger partial charge in [0.1, 0.15) is 4.31 Å². The van der Waals surface area contributed by atoms with Gasteiger partial charge in [0.2, 0.25) is 0 Å². The van der Waals surface area contributed by atoms with E-state index in [0.717, 1.165) is 0 Å². The summed E-state index contributed by atoms with van der Waals surface area (Å²) in [4.78, 5) is 18.5. The summed E-state index contributed by atoms with van der Waals surface area (Å²) >= 11 is 9.53. The van der Waals surface area contributed by atoms with E-state index in [1.54, 1.807) is 0 Å².